The third kappa shape index (κ3) is 4.67. The van der Waals surface area contributed by atoms with Crippen LogP contribution in [0, 0.1) is 0 Å². The van der Waals surface area contributed by atoms with Crippen LogP contribution in [0.15, 0.2) is 58.5 Å². The molecule has 1 aliphatic rings. The topological polar surface area (TPSA) is 64.4 Å². The average Bonchev–Trinajstić information content (AvgIpc) is 2.80. The van der Waals surface area contributed by atoms with E-state index in [2.05, 4.69) is 12.1 Å². The Morgan fingerprint density at radius 3 is 2.71 bits per heavy atom. The van der Waals surface area contributed by atoms with Crippen LogP contribution in [0.25, 0.3) is 10.9 Å². The van der Waals surface area contributed by atoms with Gasteiger partial charge in [-0.15, -0.1) is 0 Å². The molecular formula is C24H27N3O3S. The number of ether oxygens (including phenoxy) is 1. The quantitative estimate of drug-likeness (QED) is 0.322. The van der Waals surface area contributed by atoms with Gasteiger partial charge in [-0.3, -0.25) is 14.2 Å². The van der Waals surface area contributed by atoms with Gasteiger partial charge in [0.2, 0.25) is 5.91 Å². The summed E-state index contributed by atoms with van der Waals surface area (Å²) >= 11 is 1.36. The fourth-order valence-electron chi connectivity index (χ4n) is 3.95. The molecule has 162 valence electrons. The van der Waals surface area contributed by atoms with E-state index in [4.69, 9.17) is 9.72 Å². The molecule has 0 saturated carbocycles. The highest BCUT2D eigenvalue weighted by Gasteiger charge is 2.26. The number of carbonyl (C=O) groups is 1. The van der Waals surface area contributed by atoms with Crippen molar-refractivity contribution < 1.29 is 9.53 Å². The molecule has 0 fully saturated rings. The van der Waals surface area contributed by atoms with Crippen molar-refractivity contribution in [2.24, 2.45) is 0 Å². The van der Waals surface area contributed by atoms with Gasteiger partial charge in [0.1, 0.15) is 0 Å². The average molecular weight is 438 g/mol. The van der Waals surface area contributed by atoms with Gasteiger partial charge < -0.3 is 9.64 Å². The number of thioether (sulfide) groups is 1. The van der Waals surface area contributed by atoms with Crippen molar-refractivity contribution in [3.63, 3.8) is 0 Å². The number of rotatable bonds is 7. The lowest BCUT2D eigenvalue weighted by molar-refractivity contribution is -0.131. The number of hydrogen-bond donors (Lipinski definition) is 0. The molecule has 3 aromatic rings. The number of aromatic nitrogens is 2. The first-order valence-corrected chi connectivity index (χ1v) is 11.5. The van der Waals surface area contributed by atoms with Crippen LogP contribution in [-0.2, 0) is 29.0 Å². The minimum atomic E-state index is -0.341. The predicted molar refractivity (Wildman–Crippen MR) is 123 cm³/mol. The molecule has 0 bridgehead atoms. The van der Waals surface area contributed by atoms with E-state index in [9.17, 15) is 9.59 Å². The van der Waals surface area contributed by atoms with Crippen molar-refractivity contribution in [3.05, 3.63) is 70.0 Å². The summed E-state index contributed by atoms with van der Waals surface area (Å²) in [5.74, 6) is 0.0744. The molecule has 0 N–H and O–H groups in total. The van der Waals surface area contributed by atoms with Crippen molar-refractivity contribution in [2.75, 3.05) is 20.3 Å². The molecule has 1 aliphatic heterocycles. The van der Waals surface area contributed by atoms with E-state index < -0.39 is 0 Å². The summed E-state index contributed by atoms with van der Waals surface area (Å²) in [7, 11) is 1.65. The molecule has 2 aromatic carbocycles. The van der Waals surface area contributed by atoms with Gasteiger partial charge in [-0.05, 0) is 43.0 Å². The number of methoxy groups -OCH3 is 1. The highest BCUT2D eigenvalue weighted by Crippen LogP contribution is 2.26. The van der Waals surface area contributed by atoms with Crippen LogP contribution in [0.1, 0.15) is 24.5 Å². The fraction of sp³-hybridized carbons (Fsp3) is 0.375. The summed E-state index contributed by atoms with van der Waals surface area (Å²) in [5, 5.41) is 0.834. The van der Waals surface area contributed by atoms with Gasteiger partial charge in [0.25, 0.3) is 5.56 Å². The van der Waals surface area contributed by atoms with E-state index in [1.807, 2.05) is 42.2 Å². The maximum atomic E-state index is 13.2. The van der Waals surface area contributed by atoms with E-state index >= 15 is 0 Å². The Kier molecular flexibility index (Phi) is 6.73. The maximum Gasteiger partial charge on any atom is 0.262 e. The summed E-state index contributed by atoms with van der Waals surface area (Å²) in [6.07, 6.45) is 1.57. The number of benzene rings is 2. The molecule has 6 nitrogen and oxygen atoms in total. The first-order valence-electron chi connectivity index (χ1n) is 10.6. The van der Waals surface area contributed by atoms with E-state index in [1.54, 1.807) is 17.7 Å². The molecule has 1 atom stereocenters. The van der Waals surface area contributed by atoms with E-state index in [1.165, 1.54) is 22.9 Å². The van der Waals surface area contributed by atoms with Gasteiger partial charge in [0.05, 0.1) is 16.2 Å². The van der Waals surface area contributed by atoms with Gasteiger partial charge in [-0.2, -0.15) is 0 Å². The van der Waals surface area contributed by atoms with Gasteiger partial charge in [0, 0.05) is 33.4 Å². The Morgan fingerprint density at radius 1 is 1.16 bits per heavy atom. The molecule has 0 saturated heterocycles. The summed E-state index contributed by atoms with van der Waals surface area (Å²) in [6.45, 7) is 4.31. The summed E-state index contributed by atoms with van der Waals surface area (Å²) < 4.78 is 6.84. The highest BCUT2D eigenvalue weighted by molar-refractivity contribution is 8.00. The van der Waals surface area contributed by atoms with Crippen molar-refractivity contribution in [2.45, 2.75) is 43.3 Å². The number of hydrogen-bond acceptors (Lipinski definition) is 5. The second-order valence-electron chi connectivity index (χ2n) is 7.75. The number of para-hydroxylation sites is 1. The number of nitrogens with zero attached hydrogens (tertiary/aromatic N) is 3. The van der Waals surface area contributed by atoms with Crippen LogP contribution in [0.4, 0.5) is 0 Å². The predicted octanol–water partition coefficient (Wildman–Crippen LogP) is 3.50. The third-order valence-electron chi connectivity index (χ3n) is 5.63. The third-order valence-corrected chi connectivity index (χ3v) is 6.71. The zero-order valence-electron chi connectivity index (χ0n) is 17.9. The first-order chi connectivity index (χ1) is 15.1. The Bertz CT molecular complexity index is 1140. The highest BCUT2D eigenvalue weighted by atomic mass is 32.2. The van der Waals surface area contributed by atoms with E-state index in [-0.39, 0.29) is 16.7 Å². The molecule has 1 amide bonds. The van der Waals surface area contributed by atoms with Crippen molar-refractivity contribution in [1.29, 1.82) is 0 Å². The van der Waals surface area contributed by atoms with Crippen LogP contribution in [0.5, 0.6) is 0 Å². The Hall–Kier alpha value is -2.64. The van der Waals surface area contributed by atoms with Crippen molar-refractivity contribution >= 4 is 28.6 Å². The van der Waals surface area contributed by atoms with Crippen LogP contribution >= 0.6 is 11.8 Å². The zero-order valence-corrected chi connectivity index (χ0v) is 18.7. The van der Waals surface area contributed by atoms with Crippen LogP contribution in [0.2, 0.25) is 0 Å². The first kappa shape index (κ1) is 21.6. The Balaban J connectivity index is 1.57. The minimum Gasteiger partial charge on any atom is -0.385 e. The lowest BCUT2D eigenvalue weighted by atomic mass is 10.00. The Labute approximate surface area is 186 Å². The molecule has 0 spiro atoms. The molecular weight excluding hydrogens is 410 g/mol. The molecule has 0 radical (unpaired) electrons. The maximum absolute atomic E-state index is 13.2. The number of carbonyl (C=O) groups excluding carboxylic acids is 1. The fourth-order valence-corrected chi connectivity index (χ4v) is 4.97. The molecule has 7 heteroatoms. The van der Waals surface area contributed by atoms with Crippen LogP contribution in [-0.4, -0.2) is 45.9 Å². The molecule has 2 heterocycles. The zero-order chi connectivity index (χ0) is 21.8. The molecule has 31 heavy (non-hydrogen) atoms. The second kappa shape index (κ2) is 9.66. The van der Waals surface area contributed by atoms with Gasteiger partial charge in [-0.25, -0.2) is 4.98 Å². The normalized spacial score (nSPS) is 14.5. The van der Waals surface area contributed by atoms with Gasteiger partial charge >= 0.3 is 0 Å². The van der Waals surface area contributed by atoms with Crippen molar-refractivity contribution in [1.82, 2.24) is 14.5 Å². The number of fused-ring (bicyclic) bond motifs is 2. The Morgan fingerprint density at radius 2 is 1.90 bits per heavy atom. The summed E-state index contributed by atoms with van der Waals surface area (Å²) in [4.78, 5) is 33.0. The van der Waals surface area contributed by atoms with E-state index in [0.717, 1.165) is 6.42 Å². The SMILES string of the molecule is COCCCn1c(SC(C)C(=O)N2CCc3ccccc3C2)nc2ccccc2c1=O. The number of amides is 1. The monoisotopic (exact) mass is 437 g/mol. The standard InChI is InChI=1S/C24H27N3O3S/c1-17(22(28)26-14-12-18-8-3-4-9-19(18)16-26)31-24-25-21-11-6-5-10-20(21)23(29)27(24)13-7-15-30-2/h3-6,8-11,17H,7,12-16H2,1-2H3. The minimum absolute atomic E-state index is 0.0734. The smallest absolute Gasteiger partial charge is 0.262 e. The van der Waals surface area contributed by atoms with Gasteiger partial charge in [0.15, 0.2) is 5.16 Å². The molecule has 1 unspecified atom stereocenters. The molecule has 0 aliphatic carbocycles. The summed E-state index contributed by atoms with van der Waals surface area (Å²) in [5.41, 5.74) is 3.11. The van der Waals surface area contributed by atoms with E-state index in [0.29, 0.717) is 48.7 Å². The largest absolute Gasteiger partial charge is 0.385 e. The van der Waals surface area contributed by atoms with Gasteiger partial charge in [-0.1, -0.05) is 48.2 Å². The summed E-state index contributed by atoms with van der Waals surface area (Å²) in [6, 6.07) is 15.6. The van der Waals surface area contributed by atoms with Crippen LogP contribution < -0.4 is 5.56 Å². The molecule has 4 rings (SSSR count). The second-order valence-corrected chi connectivity index (χ2v) is 9.06. The lowest BCUT2D eigenvalue weighted by Gasteiger charge is -2.30. The van der Waals surface area contributed by atoms with Crippen LogP contribution in [0.3, 0.4) is 0 Å². The molecule has 1 aromatic heterocycles. The lowest BCUT2D eigenvalue weighted by Crippen LogP contribution is -2.40. The van der Waals surface area contributed by atoms with Crippen molar-refractivity contribution in [3.8, 4) is 0 Å².